The van der Waals surface area contributed by atoms with Gasteiger partial charge >= 0.3 is 0 Å². The topological polar surface area (TPSA) is 97.4 Å². The molecule has 0 spiro atoms. The molecule has 2 fully saturated rings. The smallest absolute Gasteiger partial charge is 0.269 e. The van der Waals surface area contributed by atoms with Crippen LogP contribution in [-0.4, -0.2) is 62.4 Å². The van der Waals surface area contributed by atoms with Crippen molar-refractivity contribution < 1.29 is 9.72 Å². The lowest BCUT2D eigenvalue weighted by atomic mass is 10.2. The van der Waals surface area contributed by atoms with Gasteiger partial charge in [-0.15, -0.1) is 10.2 Å². The Hall–Kier alpha value is -3.40. The molecule has 1 aliphatic carbocycles. The summed E-state index contributed by atoms with van der Waals surface area (Å²) < 4.78 is 2.16. The van der Waals surface area contributed by atoms with Crippen molar-refractivity contribution in [1.82, 2.24) is 19.7 Å². The molecule has 176 valence electrons. The molecule has 2 heterocycles. The van der Waals surface area contributed by atoms with Gasteiger partial charge < -0.3 is 14.4 Å². The van der Waals surface area contributed by atoms with Crippen LogP contribution < -0.4 is 4.90 Å². The first-order valence-electron chi connectivity index (χ1n) is 11.5. The molecule has 3 aromatic rings. The highest BCUT2D eigenvalue weighted by molar-refractivity contribution is 7.99. The highest BCUT2D eigenvalue weighted by Crippen LogP contribution is 2.40. The van der Waals surface area contributed by atoms with Crippen LogP contribution in [0.3, 0.4) is 0 Å². The van der Waals surface area contributed by atoms with Gasteiger partial charge in [0.15, 0.2) is 5.16 Å². The van der Waals surface area contributed by atoms with Gasteiger partial charge in [0.05, 0.1) is 17.2 Å². The number of carbonyl (C=O) groups excluding carboxylic acids is 1. The molecule has 9 nitrogen and oxygen atoms in total. The van der Waals surface area contributed by atoms with Crippen molar-refractivity contribution in [2.45, 2.75) is 30.5 Å². The van der Waals surface area contributed by atoms with E-state index < -0.39 is 4.92 Å². The second-order valence-electron chi connectivity index (χ2n) is 8.62. The fourth-order valence-electron chi connectivity index (χ4n) is 4.18. The third-order valence-electron chi connectivity index (χ3n) is 6.25. The van der Waals surface area contributed by atoms with Gasteiger partial charge in [0.25, 0.3) is 5.69 Å². The van der Waals surface area contributed by atoms with Crippen LogP contribution in [0, 0.1) is 10.1 Å². The Bertz CT molecular complexity index is 1160. The van der Waals surface area contributed by atoms with E-state index in [0.717, 1.165) is 29.5 Å². The number of nitro groups is 1. The van der Waals surface area contributed by atoms with E-state index in [0.29, 0.717) is 44.4 Å². The van der Waals surface area contributed by atoms with Crippen molar-refractivity contribution in [1.29, 1.82) is 0 Å². The molecular weight excluding hydrogens is 452 g/mol. The Kier molecular flexibility index (Phi) is 6.48. The first-order valence-corrected chi connectivity index (χ1v) is 12.4. The van der Waals surface area contributed by atoms with Crippen LogP contribution in [0.15, 0.2) is 59.8 Å². The van der Waals surface area contributed by atoms with E-state index in [1.165, 1.54) is 29.5 Å². The molecule has 0 bridgehead atoms. The summed E-state index contributed by atoms with van der Waals surface area (Å²) in [4.78, 5) is 27.4. The monoisotopic (exact) mass is 478 g/mol. The molecule has 0 N–H and O–H groups in total. The van der Waals surface area contributed by atoms with Gasteiger partial charge in [0, 0.05) is 49.9 Å². The molecule has 1 amide bonds. The van der Waals surface area contributed by atoms with Gasteiger partial charge in [-0.3, -0.25) is 14.9 Å². The lowest BCUT2D eigenvalue weighted by molar-refractivity contribution is -0.384. The molecular formula is C24H26N6O3S. The number of benzene rings is 2. The van der Waals surface area contributed by atoms with Gasteiger partial charge in [-0.1, -0.05) is 42.1 Å². The first-order chi connectivity index (χ1) is 16.6. The van der Waals surface area contributed by atoms with Crippen LogP contribution >= 0.6 is 11.8 Å². The Morgan fingerprint density at radius 2 is 1.71 bits per heavy atom. The number of nitro benzene ring substituents is 1. The van der Waals surface area contributed by atoms with Gasteiger partial charge in [-0.05, 0) is 30.5 Å². The highest BCUT2D eigenvalue weighted by atomic mass is 32.2. The van der Waals surface area contributed by atoms with Crippen molar-refractivity contribution in [3.8, 4) is 0 Å². The number of aromatic nitrogens is 3. The number of non-ortho nitro benzene ring substituents is 1. The van der Waals surface area contributed by atoms with Crippen LogP contribution in [0.5, 0.6) is 0 Å². The summed E-state index contributed by atoms with van der Waals surface area (Å²) in [5, 5.41) is 20.5. The minimum atomic E-state index is -0.397. The van der Waals surface area contributed by atoms with Crippen molar-refractivity contribution in [2.75, 3.05) is 36.8 Å². The normalized spacial score (nSPS) is 16.0. The number of anilines is 1. The summed E-state index contributed by atoms with van der Waals surface area (Å²) in [5.41, 5.74) is 2.22. The van der Waals surface area contributed by atoms with Gasteiger partial charge in [-0.25, -0.2) is 0 Å². The minimum absolute atomic E-state index is 0.0829. The number of piperazine rings is 1. The zero-order chi connectivity index (χ0) is 23.5. The van der Waals surface area contributed by atoms with Crippen LogP contribution in [0.1, 0.15) is 30.1 Å². The predicted octanol–water partition coefficient (Wildman–Crippen LogP) is 3.55. The Morgan fingerprint density at radius 1 is 1.00 bits per heavy atom. The van der Waals surface area contributed by atoms with Crippen LogP contribution in [0.25, 0.3) is 0 Å². The maximum Gasteiger partial charge on any atom is 0.269 e. The second-order valence-corrected chi connectivity index (χ2v) is 9.56. The molecule has 34 heavy (non-hydrogen) atoms. The molecule has 0 atom stereocenters. The van der Waals surface area contributed by atoms with E-state index in [4.69, 9.17) is 0 Å². The summed E-state index contributed by atoms with van der Waals surface area (Å²) in [6.07, 6.45) is 2.30. The summed E-state index contributed by atoms with van der Waals surface area (Å²) in [5.74, 6) is 1.93. The summed E-state index contributed by atoms with van der Waals surface area (Å²) >= 11 is 1.46. The first kappa shape index (κ1) is 22.4. The molecule has 1 saturated carbocycles. The van der Waals surface area contributed by atoms with Gasteiger partial charge in [-0.2, -0.15) is 0 Å². The fraction of sp³-hybridized carbons (Fsp3) is 0.375. The molecule has 10 heteroatoms. The summed E-state index contributed by atoms with van der Waals surface area (Å²) in [6, 6.07) is 16.8. The maximum absolute atomic E-state index is 12.9. The van der Waals surface area contributed by atoms with E-state index in [1.54, 1.807) is 12.1 Å². The average molecular weight is 479 g/mol. The number of nitrogens with zero attached hydrogens (tertiary/aromatic N) is 6. The van der Waals surface area contributed by atoms with E-state index in [1.807, 2.05) is 23.1 Å². The van der Waals surface area contributed by atoms with Crippen LogP contribution in [-0.2, 0) is 11.3 Å². The number of hydrogen-bond donors (Lipinski definition) is 0. The molecule has 0 unspecified atom stereocenters. The lowest BCUT2D eigenvalue weighted by Crippen LogP contribution is -2.49. The van der Waals surface area contributed by atoms with E-state index >= 15 is 0 Å². The average Bonchev–Trinajstić information content (AvgIpc) is 3.64. The third-order valence-corrected chi connectivity index (χ3v) is 7.21. The minimum Gasteiger partial charge on any atom is -0.368 e. The largest absolute Gasteiger partial charge is 0.368 e. The number of rotatable bonds is 8. The Morgan fingerprint density at radius 3 is 2.35 bits per heavy atom. The van der Waals surface area contributed by atoms with Crippen molar-refractivity contribution in [3.63, 3.8) is 0 Å². The molecule has 2 aliphatic rings. The molecule has 1 saturated heterocycles. The van der Waals surface area contributed by atoms with E-state index in [9.17, 15) is 14.9 Å². The van der Waals surface area contributed by atoms with Crippen LogP contribution in [0.4, 0.5) is 11.4 Å². The number of thioether (sulfide) groups is 1. The third kappa shape index (κ3) is 5.06. The Labute approximate surface area is 201 Å². The molecule has 1 aliphatic heterocycles. The van der Waals surface area contributed by atoms with Crippen molar-refractivity contribution in [2.24, 2.45) is 0 Å². The van der Waals surface area contributed by atoms with E-state index in [-0.39, 0.29) is 11.6 Å². The molecule has 1 aromatic heterocycles. The Balaban J connectivity index is 1.17. The number of amides is 1. The molecule has 2 aromatic carbocycles. The van der Waals surface area contributed by atoms with Crippen molar-refractivity contribution >= 4 is 29.0 Å². The zero-order valence-corrected chi connectivity index (χ0v) is 19.6. The molecule has 0 radical (unpaired) electrons. The number of hydrogen-bond acceptors (Lipinski definition) is 7. The summed E-state index contributed by atoms with van der Waals surface area (Å²) in [7, 11) is 0. The maximum atomic E-state index is 12.9. The van der Waals surface area contributed by atoms with E-state index in [2.05, 4.69) is 31.8 Å². The lowest BCUT2D eigenvalue weighted by Gasteiger charge is -2.36. The SMILES string of the molecule is O=C(CSc1nnc(C2CC2)n1Cc1ccccc1)N1CCN(c2ccc([N+](=O)[O-])cc2)CC1. The molecule has 5 rings (SSSR count). The standard InChI is InChI=1S/C24H26N6O3S/c31-22(28-14-12-27(13-15-28)20-8-10-21(11-9-20)30(32)33)17-34-24-26-25-23(19-6-7-19)29(24)16-18-4-2-1-3-5-18/h1-5,8-11,19H,6-7,12-17H2. The van der Waals surface area contributed by atoms with Crippen molar-refractivity contribution in [3.05, 3.63) is 76.1 Å². The predicted molar refractivity (Wildman–Crippen MR) is 130 cm³/mol. The quantitative estimate of drug-likeness (QED) is 0.277. The fourth-order valence-corrected chi connectivity index (χ4v) is 5.03. The van der Waals surface area contributed by atoms with Crippen LogP contribution in [0.2, 0.25) is 0 Å². The highest BCUT2D eigenvalue weighted by Gasteiger charge is 2.31. The summed E-state index contributed by atoms with van der Waals surface area (Å²) in [6.45, 7) is 3.36. The van der Waals surface area contributed by atoms with Gasteiger partial charge in [0.2, 0.25) is 5.91 Å². The zero-order valence-electron chi connectivity index (χ0n) is 18.7. The number of carbonyl (C=O) groups is 1. The second kappa shape index (κ2) is 9.84. The van der Waals surface area contributed by atoms with Gasteiger partial charge in [0.1, 0.15) is 5.82 Å².